The van der Waals surface area contributed by atoms with Crippen molar-refractivity contribution in [3.8, 4) is 5.75 Å². The maximum absolute atomic E-state index is 9.45. The summed E-state index contributed by atoms with van der Waals surface area (Å²) in [4.78, 5) is 4.31. The molecule has 3 rings (SSSR count). The quantitative estimate of drug-likeness (QED) is 0.723. The van der Waals surface area contributed by atoms with Crippen molar-refractivity contribution in [2.24, 2.45) is 0 Å². The zero-order valence-electron chi connectivity index (χ0n) is 7.03. The SMILES string of the molecule is Oc1cccc2nc(C3CC3)oc12. The van der Waals surface area contributed by atoms with Gasteiger partial charge in [0.25, 0.3) is 0 Å². The Morgan fingerprint density at radius 2 is 2.23 bits per heavy atom. The van der Waals surface area contributed by atoms with Crippen molar-refractivity contribution in [1.29, 1.82) is 0 Å². The van der Waals surface area contributed by atoms with Crippen LogP contribution in [0.25, 0.3) is 11.1 Å². The molecule has 3 heteroatoms. The monoisotopic (exact) mass is 175 g/mol. The summed E-state index contributed by atoms with van der Waals surface area (Å²) in [5.41, 5.74) is 1.27. The summed E-state index contributed by atoms with van der Waals surface area (Å²) in [6, 6.07) is 5.24. The number of benzene rings is 1. The molecule has 1 aromatic heterocycles. The molecule has 1 N–H and O–H groups in total. The van der Waals surface area contributed by atoms with E-state index < -0.39 is 0 Å². The van der Waals surface area contributed by atoms with Gasteiger partial charge in [0.1, 0.15) is 5.52 Å². The second-order valence-electron chi connectivity index (χ2n) is 3.45. The molecule has 0 unspecified atom stereocenters. The highest BCUT2D eigenvalue weighted by molar-refractivity contribution is 5.78. The fraction of sp³-hybridized carbons (Fsp3) is 0.300. The van der Waals surface area contributed by atoms with Crippen LogP contribution in [0.1, 0.15) is 24.7 Å². The number of hydrogen-bond donors (Lipinski definition) is 1. The molecule has 0 saturated heterocycles. The molecule has 0 atom stereocenters. The summed E-state index contributed by atoms with van der Waals surface area (Å²) in [5.74, 6) is 1.44. The molecule has 0 spiro atoms. The van der Waals surface area contributed by atoms with Crippen LogP contribution < -0.4 is 0 Å². The maximum Gasteiger partial charge on any atom is 0.198 e. The molecule has 1 saturated carbocycles. The largest absolute Gasteiger partial charge is 0.504 e. The van der Waals surface area contributed by atoms with E-state index in [0.717, 1.165) is 24.2 Å². The summed E-state index contributed by atoms with van der Waals surface area (Å²) in [6.07, 6.45) is 2.32. The first-order valence-corrected chi connectivity index (χ1v) is 4.43. The Balaban J connectivity index is 2.26. The fourth-order valence-electron chi connectivity index (χ4n) is 1.46. The molecule has 0 aliphatic heterocycles. The van der Waals surface area contributed by atoms with Gasteiger partial charge in [-0.05, 0) is 25.0 Å². The van der Waals surface area contributed by atoms with E-state index in [2.05, 4.69) is 4.98 Å². The van der Waals surface area contributed by atoms with Crippen molar-refractivity contribution in [2.45, 2.75) is 18.8 Å². The standard InChI is InChI=1S/C10H9NO2/c12-8-3-1-2-7-9(8)13-10(11-7)6-4-5-6/h1-3,6,12H,4-5H2. The van der Waals surface area contributed by atoms with Gasteiger partial charge in [0.15, 0.2) is 17.2 Å². The Bertz CT molecular complexity index is 457. The topological polar surface area (TPSA) is 46.3 Å². The number of aromatic nitrogens is 1. The van der Waals surface area contributed by atoms with Gasteiger partial charge in [-0.2, -0.15) is 0 Å². The van der Waals surface area contributed by atoms with Crippen molar-refractivity contribution >= 4 is 11.1 Å². The van der Waals surface area contributed by atoms with Crippen LogP contribution in [-0.4, -0.2) is 10.1 Å². The van der Waals surface area contributed by atoms with Crippen molar-refractivity contribution in [1.82, 2.24) is 4.98 Å². The maximum atomic E-state index is 9.45. The van der Waals surface area contributed by atoms with Crippen LogP contribution in [0.2, 0.25) is 0 Å². The lowest BCUT2D eigenvalue weighted by Crippen LogP contribution is -1.74. The normalized spacial score (nSPS) is 16.6. The first-order valence-electron chi connectivity index (χ1n) is 4.43. The second-order valence-corrected chi connectivity index (χ2v) is 3.45. The zero-order chi connectivity index (χ0) is 8.84. The third-order valence-corrected chi connectivity index (χ3v) is 2.34. The first-order chi connectivity index (χ1) is 6.34. The molecule has 1 heterocycles. The molecular weight excluding hydrogens is 166 g/mol. The van der Waals surface area contributed by atoms with E-state index in [-0.39, 0.29) is 5.75 Å². The molecule has 1 aromatic carbocycles. The van der Waals surface area contributed by atoms with E-state index in [1.54, 1.807) is 12.1 Å². The van der Waals surface area contributed by atoms with Gasteiger partial charge in [-0.25, -0.2) is 4.98 Å². The molecule has 0 bridgehead atoms. The number of phenols is 1. The number of rotatable bonds is 1. The van der Waals surface area contributed by atoms with Crippen molar-refractivity contribution < 1.29 is 9.52 Å². The smallest absolute Gasteiger partial charge is 0.198 e. The Morgan fingerprint density at radius 1 is 1.38 bits per heavy atom. The van der Waals surface area contributed by atoms with Gasteiger partial charge >= 0.3 is 0 Å². The lowest BCUT2D eigenvalue weighted by Gasteiger charge is -1.88. The summed E-state index contributed by atoms with van der Waals surface area (Å²) >= 11 is 0. The van der Waals surface area contributed by atoms with E-state index in [1.807, 2.05) is 6.07 Å². The summed E-state index contributed by atoms with van der Waals surface area (Å²) < 4.78 is 5.46. The highest BCUT2D eigenvalue weighted by atomic mass is 16.4. The number of phenolic OH excluding ortho intramolecular Hbond substituents is 1. The van der Waals surface area contributed by atoms with Gasteiger partial charge in [0.2, 0.25) is 0 Å². The van der Waals surface area contributed by atoms with E-state index in [0.29, 0.717) is 11.5 Å². The first kappa shape index (κ1) is 6.95. The molecule has 2 aromatic rings. The molecule has 3 nitrogen and oxygen atoms in total. The van der Waals surface area contributed by atoms with Gasteiger partial charge in [-0.15, -0.1) is 0 Å². The van der Waals surface area contributed by atoms with Crippen LogP contribution >= 0.6 is 0 Å². The minimum Gasteiger partial charge on any atom is -0.504 e. The fourth-order valence-corrected chi connectivity index (χ4v) is 1.46. The number of aromatic hydroxyl groups is 1. The van der Waals surface area contributed by atoms with Gasteiger partial charge in [0.05, 0.1) is 0 Å². The summed E-state index contributed by atoms with van der Waals surface area (Å²) in [6.45, 7) is 0. The third kappa shape index (κ3) is 1.00. The molecule has 1 aliphatic rings. The van der Waals surface area contributed by atoms with E-state index in [9.17, 15) is 5.11 Å². The number of fused-ring (bicyclic) bond motifs is 1. The van der Waals surface area contributed by atoms with Gasteiger partial charge in [-0.3, -0.25) is 0 Å². The van der Waals surface area contributed by atoms with Gasteiger partial charge in [0, 0.05) is 5.92 Å². The van der Waals surface area contributed by atoms with Gasteiger partial charge < -0.3 is 9.52 Å². The molecule has 1 fully saturated rings. The predicted octanol–water partition coefficient (Wildman–Crippen LogP) is 2.41. The number of para-hydroxylation sites is 1. The molecular formula is C10H9NO2. The van der Waals surface area contributed by atoms with E-state index in [4.69, 9.17) is 4.42 Å². The summed E-state index contributed by atoms with van der Waals surface area (Å²) in [5, 5.41) is 9.45. The number of hydrogen-bond acceptors (Lipinski definition) is 3. The Labute approximate surface area is 75.0 Å². The van der Waals surface area contributed by atoms with Crippen LogP contribution in [0, 0.1) is 0 Å². The highest BCUT2D eigenvalue weighted by Crippen LogP contribution is 2.41. The lowest BCUT2D eigenvalue weighted by atomic mass is 10.3. The van der Waals surface area contributed by atoms with Crippen LogP contribution in [0.15, 0.2) is 22.6 Å². The average Bonchev–Trinajstić information content (AvgIpc) is 2.87. The van der Waals surface area contributed by atoms with E-state index in [1.165, 1.54) is 0 Å². The zero-order valence-corrected chi connectivity index (χ0v) is 7.03. The van der Waals surface area contributed by atoms with Crippen LogP contribution in [0.4, 0.5) is 0 Å². The van der Waals surface area contributed by atoms with Crippen molar-refractivity contribution in [3.63, 3.8) is 0 Å². The van der Waals surface area contributed by atoms with Crippen LogP contribution in [-0.2, 0) is 0 Å². The Kier molecular flexibility index (Phi) is 1.20. The lowest BCUT2D eigenvalue weighted by molar-refractivity contribution is 0.455. The van der Waals surface area contributed by atoms with Crippen molar-refractivity contribution in [3.05, 3.63) is 24.1 Å². The average molecular weight is 175 g/mol. The van der Waals surface area contributed by atoms with Gasteiger partial charge in [-0.1, -0.05) is 6.07 Å². The highest BCUT2D eigenvalue weighted by Gasteiger charge is 2.29. The predicted molar refractivity (Wildman–Crippen MR) is 47.6 cm³/mol. The Hall–Kier alpha value is -1.51. The van der Waals surface area contributed by atoms with Crippen LogP contribution in [0.3, 0.4) is 0 Å². The number of nitrogens with zero attached hydrogens (tertiary/aromatic N) is 1. The summed E-state index contributed by atoms with van der Waals surface area (Å²) in [7, 11) is 0. The van der Waals surface area contributed by atoms with E-state index >= 15 is 0 Å². The minimum atomic E-state index is 0.178. The molecule has 0 radical (unpaired) electrons. The molecule has 66 valence electrons. The molecule has 13 heavy (non-hydrogen) atoms. The minimum absolute atomic E-state index is 0.178. The van der Waals surface area contributed by atoms with Crippen molar-refractivity contribution in [2.75, 3.05) is 0 Å². The third-order valence-electron chi connectivity index (χ3n) is 2.34. The molecule has 0 amide bonds. The molecule has 1 aliphatic carbocycles. The van der Waals surface area contributed by atoms with Crippen LogP contribution in [0.5, 0.6) is 5.75 Å². The number of oxazole rings is 1. The second kappa shape index (κ2) is 2.25. The Morgan fingerprint density at radius 3 is 2.92 bits per heavy atom.